The van der Waals surface area contributed by atoms with Gasteiger partial charge in [-0.1, -0.05) is 27.7 Å². The standard InChI is InChI=1S/C17H27N3O/c1-16(2)14(17(16,3)4)10-19-15(21)12-9-11(18)7-8-13(12)20(5)6/h7-9,14H,10,18H2,1-6H3,(H,19,21). The van der Waals surface area contributed by atoms with Crippen LogP contribution in [0.15, 0.2) is 18.2 Å². The third-order valence-corrected chi connectivity index (χ3v) is 5.53. The lowest BCUT2D eigenvalue weighted by atomic mass is 10.0. The zero-order valence-electron chi connectivity index (χ0n) is 13.9. The molecule has 0 radical (unpaired) electrons. The Balaban J connectivity index is 2.10. The van der Waals surface area contributed by atoms with Crippen LogP contribution in [0.2, 0.25) is 0 Å². The number of carbonyl (C=O) groups is 1. The van der Waals surface area contributed by atoms with Crippen molar-refractivity contribution >= 4 is 17.3 Å². The van der Waals surface area contributed by atoms with Crippen molar-refractivity contribution in [3.8, 4) is 0 Å². The van der Waals surface area contributed by atoms with Crippen LogP contribution in [-0.4, -0.2) is 26.5 Å². The van der Waals surface area contributed by atoms with E-state index < -0.39 is 0 Å². The lowest BCUT2D eigenvalue weighted by molar-refractivity contribution is 0.0950. The van der Waals surface area contributed by atoms with E-state index in [9.17, 15) is 4.79 Å². The Morgan fingerprint density at radius 3 is 2.29 bits per heavy atom. The van der Waals surface area contributed by atoms with Crippen LogP contribution >= 0.6 is 0 Å². The highest BCUT2D eigenvalue weighted by Gasteiger charge is 2.64. The number of nitrogen functional groups attached to an aromatic ring is 1. The van der Waals surface area contributed by atoms with E-state index in [2.05, 4.69) is 33.0 Å². The van der Waals surface area contributed by atoms with E-state index in [0.717, 1.165) is 5.69 Å². The highest BCUT2D eigenvalue weighted by Crippen LogP contribution is 2.67. The highest BCUT2D eigenvalue weighted by molar-refractivity contribution is 6.00. The molecule has 0 atom stereocenters. The van der Waals surface area contributed by atoms with Crippen molar-refractivity contribution in [2.75, 3.05) is 31.3 Å². The zero-order valence-corrected chi connectivity index (χ0v) is 13.9. The normalized spacial score (nSPS) is 19.1. The summed E-state index contributed by atoms with van der Waals surface area (Å²) in [5, 5.41) is 3.07. The summed E-state index contributed by atoms with van der Waals surface area (Å²) in [5.74, 6) is 0.460. The minimum atomic E-state index is -0.0514. The molecule has 0 saturated heterocycles. The Kier molecular flexibility index (Phi) is 3.68. The van der Waals surface area contributed by atoms with Crippen molar-refractivity contribution in [2.24, 2.45) is 16.7 Å². The number of nitrogens with one attached hydrogen (secondary N) is 1. The number of benzene rings is 1. The minimum absolute atomic E-state index is 0.0514. The van der Waals surface area contributed by atoms with Crippen LogP contribution in [0.1, 0.15) is 38.1 Å². The number of anilines is 2. The smallest absolute Gasteiger partial charge is 0.253 e. The van der Waals surface area contributed by atoms with Crippen LogP contribution in [0, 0.1) is 16.7 Å². The molecule has 3 N–H and O–H groups in total. The van der Waals surface area contributed by atoms with E-state index in [-0.39, 0.29) is 16.7 Å². The number of carbonyl (C=O) groups excluding carboxylic acids is 1. The first-order valence-corrected chi connectivity index (χ1v) is 7.44. The van der Waals surface area contributed by atoms with E-state index in [1.807, 2.05) is 31.1 Å². The maximum absolute atomic E-state index is 12.5. The average Bonchev–Trinajstić information content (AvgIpc) is 2.76. The molecule has 4 heteroatoms. The van der Waals surface area contributed by atoms with Gasteiger partial charge < -0.3 is 16.0 Å². The van der Waals surface area contributed by atoms with Gasteiger partial charge in [-0.15, -0.1) is 0 Å². The number of amides is 1. The molecular weight excluding hydrogens is 262 g/mol. The average molecular weight is 289 g/mol. The predicted octanol–water partition coefficient (Wildman–Crippen LogP) is 2.75. The van der Waals surface area contributed by atoms with Crippen molar-refractivity contribution in [1.82, 2.24) is 5.32 Å². The van der Waals surface area contributed by atoms with Gasteiger partial charge in [0.2, 0.25) is 0 Å². The van der Waals surface area contributed by atoms with Crippen molar-refractivity contribution in [3.05, 3.63) is 23.8 Å². The first kappa shape index (κ1) is 15.7. The summed E-state index contributed by atoms with van der Waals surface area (Å²) in [6.45, 7) is 9.75. The highest BCUT2D eigenvalue weighted by atomic mass is 16.1. The fourth-order valence-corrected chi connectivity index (χ4v) is 3.26. The number of hydrogen-bond donors (Lipinski definition) is 2. The number of hydrogen-bond acceptors (Lipinski definition) is 3. The van der Waals surface area contributed by atoms with Crippen LogP contribution in [0.3, 0.4) is 0 Å². The van der Waals surface area contributed by atoms with Gasteiger partial charge in [-0.05, 0) is 34.9 Å². The molecule has 0 bridgehead atoms. The Morgan fingerprint density at radius 1 is 1.24 bits per heavy atom. The Labute approximate surface area is 127 Å². The Morgan fingerprint density at radius 2 is 1.81 bits per heavy atom. The van der Waals surface area contributed by atoms with E-state index in [0.29, 0.717) is 23.7 Å². The van der Waals surface area contributed by atoms with Crippen LogP contribution in [-0.2, 0) is 0 Å². The Hall–Kier alpha value is -1.71. The molecule has 1 saturated carbocycles. The first-order valence-electron chi connectivity index (χ1n) is 7.44. The molecule has 0 spiro atoms. The molecule has 21 heavy (non-hydrogen) atoms. The molecule has 1 aliphatic rings. The van der Waals surface area contributed by atoms with Gasteiger partial charge in [0.1, 0.15) is 0 Å². The SMILES string of the molecule is CN(C)c1ccc(N)cc1C(=O)NCC1C(C)(C)C1(C)C. The third-order valence-electron chi connectivity index (χ3n) is 5.53. The van der Waals surface area contributed by atoms with Crippen molar-refractivity contribution in [1.29, 1.82) is 0 Å². The second-order valence-electron chi connectivity index (χ2n) is 7.38. The molecule has 1 aromatic rings. The molecule has 116 valence electrons. The molecular formula is C17H27N3O. The summed E-state index contributed by atoms with van der Waals surface area (Å²) in [6, 6.07) is 5.45. The van der Waals surface area contributed by atoms with Crippen LogP contribution < -0.4 is 16.0 Å². The van der Waals surface area contributed by atoms with E-state index >= 15 is 0 Å². The quantitative estimate of drug-likeness (QED) is 0.838. The van der Waals surface area contributed by atoms with Gasteiger partial charge in [0.25, 0.3) is 5.91 Å². The van der Waals surface area contributed by atoms with Gasteiger partial charge in [0.15, 0.2) is 0 Å². The summed E-state index contributed by atoms with van der Waals surface area (Å²) in [5.41, 5.74) is 8.51. The van der Waals surface area contributed by atoms with Crippen molar-refractivity contribution < 1.29 is 4.79 Å². The lowest BCUT2D eigenvalue weighted by Gasteiger charge is -2.18. The number of rotatable bonds is 4. The molecule has 0 unspecified atom stereocenters. The summed E-state index contributed by atoms with van der Waals surface area (Å²) in [6.07, 6.45) is 0. The van der Waals surface area contributed by atoms with Crippen LogP contribution in [0.25, 0.3) is 0 Å². The van der Waals surface area contributed by atoms with Gasteiger partial charge in [0, 0.05) is 32.0 Å². The van der Waals surface area contributed by atoms with E-state index in [1.165, 1.54) is 0 Å². The molecule has 0 aliphatic heterocycles. The fourth-order valence-electron chi connectivity index (χ4n) is 3.26. The molecule has 1 aliphatic carbocycles. The number of nitrogens with zero attached hydrogens (tertiary/aromatic N) is 1. The maximum Gasteiger partial charge on any atom is 0.253 e. The summed E-state index contributed by atoms with van der Waals surface area (Å²) >= 11 is 0. The van der Waals surface area contributed by atoms with Crippen LogP contribution in [0.4, 0.5) is 11.4 Å². The molecule has 4 nitrogen and oxygen atoms in total. The molecule has 0 aromatic heterocycles. The molecule has 1 aromatic carbocycles. The lowest BCUT2D eigenvalue weighted by Crippen LogP contribution is -2.29. The summed E-state index contributed by atoms with van der Waals surface area (Å²) < 4.78 is 0. The van der Waals surface area contributed by atoms with Crippen molar-refractivity contribution in [3.63, 3.8) is 0 Å². The third kappa shape index (κ3) is 2.59. The van der Waals surface area contributed by atoms with Gasteiger partial charge >= 0.3 is 0 Å². The van der Waals surface area contributed by atoms with Gasteiger partial charge in [0.05, 0.1) is 5.56 Å². The minimum Gasteiger partial charge on any atom is -0.399 e. The van der Waals surface area contributed by atoms with Crippen LogP contribution in [0.5, 0.6) is 0 Å². The Bertz CT molecular complexity index is 547. The fraction of sp³-hybridized carbons (Fsp3) is 0.588. The second-order valence-corrected chi connectivity index (χ2v) is 7.38. The molecule has 1 amide bonds. The van der Waals surface area contributed by atoms with Gasteiger partial charge in [-0.2, -0.15) is 0 Å². The second kappa shape index (κ2) is 4.93. The molecule has 0 heterocycles. The van der Waals surface area contributed by atoms with Gasteiger partial charge in [-0.3, -0.25) is 4.79 Å². The van der Waals surface area contributed by atoms with E-state index in [1.54, 1.807) is 6.07 Å². The number of nitrogens with two attached hydrogens (primary N) is 1. The van der Waals surface area contributed by atoms with Gasteiger partial charge in [-0.25, -0.2) is 0 Å². The monoisotopic (exact) mass is 289 g/mol. The van der Waals surface area contributed by atoms with Crippen molar-refractivity contribution in [2.45, 2.75) is 27.7 Å². The maximum atomic E-state index is 12.5. The molecule has 2 rings (SSSR count). The molecule has 1 fully saturated rings. The first-order chi connectivity index (χ1) is 9.59. The largest absolute Gasteiger partial charge is 0.399 e. The van der Waals surface area contributed by atoms with E-state index in [4.69, 9.17) is 5.73 Å². The zero-order chi connectivity index (χ0) is 16.0. The summed E-state index contributed by atoms with van der Waals surface area (Å²) in [4.78, 5) is 14.4. The predicted molar refractivity (Wildman–Crippen MR) is 88.6 cm³/mol. The topological polar surface area (TPSA) is 58.4 Å². The summed E-state index contributed by atoms with van der Waals surface area (Å²) in [7, 11) is 3.85.